The Bertz CT molecular complexity index is 475. The fraction of sp³-hybridized carbons (Fsp3) is 0.636. The Hall–Kier alpha value is -1.36. The van der Waals surface area contributed by atoms with Crippen molar-refractivity contribution in [2.45, 2.75) is 39.0 Å². The van der Waals surface area contributed by atoms with E-state index in [1.807, 2.05) is 0 Å². The minimum absolute atomic E-state index is 0.198. The Morgan fingerprint density at radius 3 is 2.75 bits per heavy atom. The van der Waals surface area contributed by atoms with Gasteiger partial charge in [0.1, 0.15) is 6.23 Å². The summed E-state index contributed by atoms with van der Waals surface area (Å²) in [5.74, 6) is 0.448. The van der Waals surface area contributed by atoms with Crippen LogP contribution in [0.5, 0.6) is 0 Å². The van der Waals surface area contributed by atoms with Crippen molar-refractivity contribution in [3.05, 3.63) is 33.1 Å². The van der Waals surface area contributed by atoms with Gasteiger partial charge in [0.25, 0.3) is 5.56 Å². The standard InChI is InChI=1S/C11H16N2O3/c1-7(2)8-3-4-10(16-8)13-6-5-9(14)12-11(13)15/h5-8,10H,3-4H2,1-2H3,(H,12,14,15). The van der Waals surface area contributed by atoms with Crippen LogP contribution in [0, 0.1) is 5.92 Å². The first-order chi connectivity index (χ1) is 7.58. The lowest BCUT2D eigenvalue weighted by atomic mass is 10.1. The number of hydrogen-bond acceptors (Lipinski definition) is 3. The molecule has 2 heterocycles. The molecule has 0 aromatic carbocycles. The van der Waals surface area contributed by atoms with Gasteiger partial charge in [-0.2, -0.15) is 0 Å². The average molecular weight is 224 g/mol. The SMILES string of the molecule is CC(C)C1CCC(n2ccc(=O)[nH]c2=O)O1. The first-order valence-electron chi connectivity index (χ1n) is 5.55. The van der Waals surface area contributed by atoms with E-state index in [1.165, 1.54) is 16.8 Å². The molecule has 16 heavy (non-hydrogen) atoms. The maximum atomic E-state index is 11.5. The first kappa shape index (κ1) is 11.1. The van der Waals surface area contributed by atoms with Crippen molar-refractivity contribution in [2.75, 3.05) is 0 Å². The largest absolute Gasteiger partial charge is 0.354 e. The second-order valence-corrected chi connectivity index (χ2v) is 4.47. The summed E-state index contributed by atoms with van der Waals surface area (Å²) in [7, 11) is 0. The van der Waals surface area contributed by atoms with E-state index in [0.29, 0.717) is 5.92 Å². The fourth-order valence-corrected chi connectivity index (χ4v) is 1.99. The maximum Gasteiger partial charge on any atom is 0.330 e. The molecule has 5 nitrogen and oxygen atoms in total. The van der Waals surface area contributed by atoms with Crippen LogP contribution in [0.4, 0.5) is 0 Å². The van der Waals surface area contributed by atoms with E-state index >= 15 is 0 Å². The fourth-order valence-electron chi connectivity index (χ4n) is 1.99. The average Bonchev–Trinajstić information content (AvgIpc) is 2.66. The number of aromatic nitrogens is 2. The van der Waals surface area contributed by atoms with Gasteiger partial charge in [-0.3, -0.25) is 14.3 Å². The van der Waals surface area contributed by atoms with Crippen LogP contribution < -0.4 is 11.2 Å². The summed E-state index contributed by atoms with van der Waals surface area (Å²) in [6.45, 7) is 4.20. The molecule has 0 spiro atoms. The summed E-state index contributed by atoms with van der Waals surface area (Å²) in [5, 5.41) is 0. The summed E-state index contributed by atoms with van der Waals surface area (Å²) >= 11 is 0. The van der Waals surface area contributed by atoms with E-state index in [4.69, 9.17) is 4.74 Å². The Balaban J connectivity index is 2.21. The highest BCUT2D eigenvalue weighted by Gasteiger charge is 2.28. The van der Waals surface area contributed by atoms with E-state index < -0.39 is 5.69 Å². The van der Waals surface area contributed by atoms with Crippen LogP contribution in [0.1, 0.15) is 32.9 Å². The predicted octanol–water partition coefficient (Wildman–Crippen LogP) is 0.870. The van der Waals surface area contributed by atoms with Crippen LogP contribution >= 0.6 is 0 Å². The van der Waals surface area contributed by atoms with Crippen molar-refractivity contribution >= 4 is 0 Å². The third-order valence-electron chi connectivity index (χ3n) is 2.93. The van der Waals surface area contributed by atoms with Gasteiger partial charge in [0.05, 0.1) is 6.10 Å². The molecule has 1 aromatic rings. The molecule has 0 saturated carbocycles. The maximum absolute atomic E-state index is 11.5. The second-order valence-electron chi connectivity index (χ2n) is 4.47. The van der Waals surface area contributed by atoms with Crippen LogP contribution in [0.25, 0.3) is 0 Å². The Kier molecular flexibility index (Phi) is 2.96. The van der Waals surface area contributed by atoms with Gasteiger partial charge in [-0.1, -0.05) is 13.8 Å². The predicted molar refractivity (Wildman–Crippen MR) is 59.3 cm³/mol. The lowest BCUT2D eigenvalue weighted by Gasteiger charge is -2.17. The third kappa shape index (κ3) is 2.09. The second kappa shape index (κ2) is 4.25. The summed E-state index contributed by atoms with van der Waals surface area (Å²) in [6, 6.07) is 1.34. The summed E-state index contributed by atoms with van der Waals surface area (Å²) < 4.78 is 7.22. The quantitative estimate of drug-likeness (QED) is 0.810. The monoisotopic (exact) mass is 224 g/mol. The van der Waals surface area contributed by atoms with Gasteiger partial charge in [0, 0.05) is 12.3 Å². The van der Waals surface area contributed by atoms with E-state index in [1.54, 1.807) is 0 Å². The van der Waals surface area contributed by atoms with Crippen molar-refractivity contribution in [1.82, 2.24) is 9.55 Å². The van der Waals surface area contributed by atoms with Gasteiger partial charge in [0.15, 0.2) is 0 Å². The Morgan fingerprint density at radius 1 is 1.44 bits per heavy atom. The zero-order valence-corrected chi connectivity index (χ0v) is 9.47. The van der Waals surface area contributed by atoms with E-state index in [0.717, 1.165) is 12.8 Å². The molecule has 0 amide bonds. The highest BCUT2D eigenvalue weighted by Crippen LogP contribution is 2.30. The summed E-state index contributed by atoms with van der Waals surface area (Å²) in [6.07, 6.45) is 3.22. The van der Waals surface area contributed by atoms with Crippen molar-refractivity contribution in [3.63, 3.8) is 0 Å². The lowest BCUT2D eigenvalue weighted by molar-refractivity contribution is -0.0208. The molecule has 88 valence electrons. The lowest BCUT2D eigenvalue weighted by Crippen LogP contribution is -2.31. The minimum atomic E-state index is -0.401. The molecule has 0 aliphatic carbocycles. The minimum Gasteiger partial charge on any atom is -0.354 e. The summed E-state index contributed by atoms with van der Waals surface area (Å²) in [4.78, 5) is 24.7. The van der Waals surface area contributed by atoms with E-state index in [9.17, 15) is 9.59 Å². The molecule has 2 atom stereocenters. The molecule has 1 N–H and O–H groups in total. The van der Waals surface area contributed by atoms with E-state index in [-0.39, 0.29) is 17.9 Å². The van der Waals surface area contributed by atoms with Crippen molar-refractivity contribution in [1.29, 1.82) is 0 Å². The topological polar surface area (TPSA) is 64.1 Å². The highest BCUT2D eigenvalue weighted by molar-refractivity contribution is 4.86. The third-order valence-corrected chi connectivity index (χ3v) is 2.93. The molecule has 0 radical (unpaired) electrons. The van der Waals surface area contributed by atoms with E-state index in [2.05, 4.69) is 18.8 Å². The Morgan fingerprint density at radius 2 is 2.19 bits per heavy atom. The van der Waals surface area contributed by atoms with Crippen LogP contribution in [0.15, 0.2) is 21.9 Å². The highest BCUT2D eigenvalue weighted by atomic mass is 16.5. The number of hydrogen-bond donors (Lipinski definition) is 1. The molecule has 1 fully saturated rings. The smallest absolute Gasteiger partial charge is 0.330 e. The normalized spacial score (nSPS) is 25.2. The zero-order chi connectivity index (χ0) is 11.7. The van der Waals surface area contributed by atoms with Crippen molar-refractivity contribution < 1.29 is 4.74 Å². The van der Waals surface area contributed by atoms with Crippen molar-refractivity contribution in [3.8, 4) is 0 Å². The number of aromatic amines is 1. The number of nitrogens with zero attached hydrogens (tertiary/aromatic N) is 1. The molecule has 5 heteroatoms. The number of nitrogens with one attached hydrogen (secondary N) is 1. The molecule has 0 bridgehead atoms. The van der Waals surface area contributed by atoms with Gasteiger partial charge in [-0.15, -0.1) is 0 Å². The molecule has 2 unspecified atom stereocenters. The van der Waals surface area contributed by atoms with Gasteiger partial charge >= 0.3 is 5.69 Å². The van der Waals surface area contributed by atoms with Crippen molar-refractivity contribution in [2.24, 2.45) is 5.92 Å². The van der Waals surface area contributed by atoms with Gasteiger partial charge in [-0.05, 0) is 18.8 Å². The van der Waals surface area contributed by atoms with Crippen LogP contribution in [0.2, 0.25) is 0 Å². The van der Waals surface area contributed by atoms with Gasteiger partial charge in [-0.25, -0.2) is 4.79 Å². The van der Waals surface area contributed by atoms with Gasteiger partial charge in [0.2, 0.25) is 0 Å². The number of H-pyrrole nitrogens is 1. The summed E-state index contributed by atoms with van der Waals surface area (Å²) in [5.41, 5.74) is -0.776. The molecule has 1 aromatic heterocycles. The van der Waals surface area contributed by atoms with Crippen LogP contribution in [0.3, 0.4) is 0 Å². The molecular formula is C11H16N2O3. The molecular weight excluding hydrogens is 208 g/mol. The number of ether oxygens (including phenoxy) is 1. The molecule has 2 rings (SSSR count). The number of rotatable bonds is 2. The molecule has 1 aliphatic rings. The molecule has 1 aliphatic heterocycles. The Labute approximate surface area is 93.1 Å². The zero-order valence-electron chi connectivity index (χ0n) is 9.47. The van der Waals surface area contributed by atoms with Crippen LogP contribution in [-0.2, 0) is 4.74 Å². The first-order valence-corrected chi connectivity index (χ1v) is 5.55. The van der Waals surface area contributed by atoms with Crippen LogP contribution in [-0.4, -0.2) is 15.7 Å². The molecule has 1 saturated heterocycles. The van der Waals surface area contributed by atoms with Gasteiger partial charge < -0.3 is 4.74 Å².